The highest BCUT2D eigenvalue weighted by Crippen LogP contribution is 2.30. The number of piperidine rings is 1. The zero-order valence-electron chi connectivity index (χ0n) is 17.3. The summed E-state index contributed by atoms with van der Waals surface area (Å²) in [5, 5.41) is 0. The van der Waals surface area contributed by atoms with Crippen molar-refractivity contribution in [2.45, 2.75) is 50.0 Å². The number of nitrogens with zero attached hydrogens (tertiary/aromatic N) is 2. The van der Waals surface area contributed by atoms with E-state index < -0.39 is 10.0 Å². The third-order valence-electron chi connectivity index (χ3n) is 6.03. The maximum atomic E-state index is 13.0. The lowest BCUT2D eigenvalue weighted by Crippen LogP contribution is -2.40. The first kappa shape index (κ1) is 21.1. The molecule has 1 aromatic heterocycles. The van der Waals surface area contributed by atoms with E-state index in [0.717, 1.165) is 55.8 Å². The predicted octanol–water partition coefficient (Wildman–Crippen LogP) is 3.08. The van der Waals surface area contributed by atoms with Gasteiger partial charge in [-0.25, -0.2) is 13.1 Å². The van der Waals surface area contributed by atoms with Gasteiger partial charge in [0.15, 0.2) is 0 Å². The van der Waals surface area contributed by atoms with Crippen molar-refractivity contribution >= 4 is 21.6 Å². The molecule has 0 saturated carbocycles. The fourth-order valence-corrected chi connectivity index (χ4v) is 5.55. The SMILES string of the molecule is CC(=O)N1CCCc2cc(S(=O)(=O)NCC(c3ccco3)N3CCCCC3)ccc21. The molecule has 3 heterocycles. The zero-order chi connectivity index (χ0) is 21.1. The highest BCUT2D eigenvalue weighted by molar-refractivity contribution is 7.89. The largest absolute Gasteiger partial charge is 0.468 e. The van der Waals surface area contributed by atoms with E-state index in [0.29, 0.717) is 6.54 Å². The molecule has 8 heteroatoms. The average molecular weight is 432 g/mol. The number of nitrogens with one attached hydrogen (secondary N) is 1. The van der Waals surface area contributed by atoms with Gasteiger partial charge in [0.05, 0.1) is 17.2 Å². The fraction of sp³-hybridized carbons (Fsp3) is 0.500. The van der Waals surface area contributed by atoms with Crippen molar-refractivity contribution in [3.05, 3.63) is 47.9 Å². The van der Waals surface area contributed by atoms with Gasteiger partial charge in [0.2, 0.25) is 15.9 Å². The van der Waals surface area contributed by atoms with E-state index in [1.165, 1.54) is 13.3 Å². The number of hydrogen-bond donors (Lipinski definition) is 1. The molecule has 0 aliphatic carbocycles. The highest BCUT2D eigenvalue weighted by Gasteiger charge is 2.28. The number of carbonyl (C=O) groups excluding carboxylic acids is 1. The lowest BCUT2D eigenvalue weighted by Gasteiger charge is -2.33. The first-order valence-electron chi connectivity index (χ1n) is 10.6. The Morgan fingerprint density at radius 1 is 1.13 bits per heavy atom. The van der Waals surface area contributed by atoms with E-state index in [2.05, 4.69) is 9.62 Å². The second-order valence-electron chi connectivity index (χ2n) is 8.04. The molecule has 0 radical (unpaired) electrons. The van der Waals surface area contributed by atoms with Gasteiger partial charge in [0.1, 0.15) is 5.76 Å². The number of rotatable bonds is 6. The Balaban J connectivity index is 1.53. The quantitative estimate of drug-likeness (QED) is 0.760. The Bertz CT molecular complexity index is 982. The number of furan rings is 1. The second kappa shape index (κ2) is 8.91. The van der Waals surface area contributed by atoms with Gasteiger partial charge in [-0.2, -0.15) is 0 Å². The molecule has 2 aromatic rings. The van der Waals surface area contributed by atoms with Gasteiger partial charge in [-0.05, 0) is 74.7 Å². The van der Waals surface area contributed by atoms with E-state index in [9.17, 15) is 13.2 Å². The predicted molar refractivity (Wildman–Crippen MR) is 115 cm³/mol. The molecule has 7 nitrogen and oxygen atoms in total. The summed E-state index contributed by atoms with van der Waals surface area (Å²) in [4.78, 5) is 16.1. The van der Waals surface area contributed by atoms with Crippen molar-refractivity contribution in [1.29, 1.82) is 0 Å². The molecule has 1 amide bonds. The summed E-state index contributed by atoms with van der Waals surface area (Å²) in [6.07, 6.45) is 6.66. The topological polar surface area (TPSA) is 82.9 Å². The van der Waals surface area contributed by atoms with Crippen LogP contribution in [0.25, 0.3) is 0 Å². The minimum absolute atomic E-state index is 0.0208. The summed E-state index contributed by atoms with van der Waals surface area (Å²) in [6.45, 7) is 4.34. The van der Waals surface area contributed by atoms with E-state index in [4.69, 9.17) is 4.42 Å². The molecule has 1 N–H and O–H groups in total. The highest BCUT2D eigenvalue weighted by atomic mass is 32.2. The normalized spacial score (nSPS) is 18.8. The second-order valence-corrected chi connectivity index (χ2v) is 9.81. The monoisotopic (exact) mass is 431 g/mol. The summed E-state index contributed by atoms with van der Waals surface area (Å²) in [7, 11) is -3.68. The fourth-order valence-electron chi connectivity index (χ4n) is 4.46. The maximum absolute atomic E-state index is 13.0. The molecule has 0 spiro atoms. The average Bonchev–Trinajstić information content (AvgIpc) is 3.28. The number of amides is 1. The molecule has 1 saturated heterocycles. The molecule has 1 aromatic carbocycles. The lowest BCUT2D eigenvalue weighted by molar-refractivity contribution is -0.116. The van der Waals surface area contributed by atoms with Crippen molar-refractivity contribution in [2.75, 3.05) is 31.1 Å². The van der Waals surface area contributed by atoms with Crippen molar-refractivity contribution in [1.82, 2.24) is 9.62 Å². The summed E-state index contributed by atoms with van der Waals surface area (Å²) in [5.74, 6) is 0.759. The van der Waals surface area contributed by atoms with Gasteiger partial charge in [-0.15, -0.1) is 0 Å². The van der Waals surface area contributed by atoms with Crippen LogP contribution in [0.1, 0.15) is 50.0 Å². The standard InChI is InChI=1S/C22H29N3O4S/c1-17(26)25-13-5-7-18-15-19(9-10-20(18)25)30(27,28)23-16-21(22-8-6-14-29-22)24-11-3-2-4-12-24/h6,8-10,14-15,21,23H,2-5,7,11-13,16H2,1H3. The maximum Gasteiger partial charge on any atom is 0.240 e. The summed E-state index contributed by atoms with van der Waals surface area (Å²) in [5.41, 5.74) is 1.72. The van der Waals surface area contributed by atoms with E-state index in [1.54, 1.807) is 29.4 Å². The van der Waals surface area contributed by atoms with Crippen LogP contribution in [0.4, 0.5) is 5.69 Å². The van der Waals surface area contributed by atoms with Crippen molar-refractivity contribution < 1.29 is 17.6 Å². The van der Waals surface area contributed by atoms with Gasteiger partial charge in [0, 0.05) is 25.7 Å². The number of anilines is 1. The van der Waals surface area contributed by atoms with Crippen LogP contribution in [0.5, 0.6) is 0 Å². The number of likely N-dealkylation sites (tertiary alicyclic amines) is 1. The van der Waals surface area contributed by atoms with Gasteiger partial charge < -0.3 is 9.32 Å². The van der Waals surface area contributed by atoms with Crippen LogP contribution in [0.2, 0.25) is 0 Å². The number of fused-ring (bicyclic) bond motifs is 1. The first-order valence-corrected chi connectivity index (χ1v) is 12.1. The molecule has 4 rings (SSSR count). The molecule has 2 aliphatic heterocycles. The lowest BCUT2D eigenvalue weighted by atomic mass is 10.0. The Labute approximate surface area is 178 Å². The Morgan fingerprint density at radius 2 is 1.93 bits per heavy atom. The summed E-state index contributed by atoms with van der Waals surface area (Å²) < 4.78 is 34.5. The van der Waals surface area contributed by atoms with E-state index >= 15 is 0 Å². The molecule has 1 fully saturated rings. The van der Waals surface area contributed by atoms with Crippen molar-refractivity contribution in [3.63, 3.8) is 0 Å². The van der Waals surface area contributed by atoms with Crippen LogP contribution in [-0.2, 0) is 21.2 Å². The van der Waals surface area contributed by atoms with Gasteiger partial charge in [-0.3, -0.25) is 9.69 Å². The number of hydrogen-bond acceptors (Lipinski definition) is 5. The third kappa shape index (κ3) is 4.45. The number of aryl methyl sites for hydroxylation is 1. The number of benzene rings is 1. The van der Waals surface area contributed by atoms with E-state index in [-0.39, 0.29) is 23.4 Å². The van der Waals surface area contributed by atoms with Gasteiger partial charge in [-0.1, -0.05) is 6.42 Å². The van der Waals surface area contributed by atoms with E-state index in [1.807, 2.05) is 12.1 Å². The zero-order valence-corrected chi connectivity index (χ0v) is 18.2. The minimum atomic E-state index is -3.68. The molecule has 30 heavy (non-hydrogen) atoms. The number of carbonyl (C=O) groups is 1. The smallest absolute Gasteiger partial charge is 0.240 e. The molecular weight excluding hydrogens is 402 g/mol. The van der Waals surface area contributed by atoms with Gasteiger partial charge in [0.25, 0.3) is 0 Å². The molecule has 1 unspecified atom stereocenters. The van der Waals surface area contributed by atoms with Crippen LogP contribution >= 0.6 is 0 Å². The Kier molecular flexibility index (Phi) is 6.26. The Morgan fingerprint density at radius 3 is 2.63 bits per heavy atom. The van der Waals surface area contributed by atoms with Crippen LogP contribution in [0, 0.1) is 0 Å². The first-order chi connectivity index (χ1) is 14.5. The Hall–Kier alpha value is -2.16. The molecule has 0 bridgehead atoms. The molecule has 162 valence electrons. The van der Waals surface area contributed by atoms with Crippen LogP contribution in [0.15, 0.2) is 45.9 Å². The van der Waals surface area contributed by atoms with Crippen molar-refractivity contribution in [2.24, 2.45) is 0 Å². The van der Waals surface area contributed by atoms with Crippen molar-refractivity contribution in [3.8, 4) is 0 Å². The third-order valence-corrected chi connectivity index (χ3v) is 7.45. The van der Waals surface area contributed by atoms with Gasteiger partial charge >= 0.3 is 0 Å². The molecule has 2 aliphatic rings. The van der Waals surface area contributed by atoms with Crippen LogP contribution in [0.3, 0.4) is 0 Å². The summed E-state index contributed by atoms with van der Waals surface area (Å²) >= 11 is 0. The summed E-state index contributed by atoms with van der Waals surface area (Å²) in [6, 6.07) is 8.66. The van der Waals surface area contributed by atoms with Crippen LogP contribution < -0.4 is 9.62 Å². The number of sulfonamides is 1. The van der Waals surface area contributed by atoms with Crippen LogP contribution in [-0.4, -0.2) is 45.4 Å². The molecular formula is C22H29N3O4S. The molecule has 1 atom stereocenters. The minimum Gasteiger partial charge on any atom is -0.468 e.